The number of anilines is 6. The van der Waals surface area contributed by atoms with Crippen LogP contribution in [0.2, 0.25) is 0 Å². The van der Waals surface area contributed by atoms with Crippen molar-refractivity contribution in [1.29, 1.82) is 0 Å². The lowest BCUT2D eigenvalue weighted by Crippen LogP contribution is -2.09. The third-order valence-corrected chi connectivity index (χ3v) is 26.4. The lowest BCUT2D eigenvalue weighted by atomic mass is 9.98. The molecular formula is C89H74N6O27S5. The SMILES string of the molecule is Nc1cc(S(=O)(=O)c2ccc(O)c(N)c2)ccc1O.Nc1ccc(S(=O)(=O)c2ccc(N)cc2)cc1.Nc1cccc(S(=O)(=O)c2cccc(N)c2)c1.O=C(O)c1ccc(C(=O)c2ccccc2C(=O)O)cc1.O=C(O)c1ccc(S(=O)(=O)c2ccc(C(=O)O)cc2)cc1.O=C(O)c1ccc2cc(C(=O)O)ccc2c1.O=S(=O)(c1ccc(O)cc1)c1ccc(O)cc1. The Labute approximate surface area is 724 Å². The highest BCUT2D eigenvalue weighted by atomic mass is 32.2. The Bertz CT molecular complexity index is 6630. The van der Waals surface area contributed by atoms with Gasteiger partial charge in [0.1, 0.15) is 23.0 Å². The molecule has 0 aliphatic heterocycles. The smallest absolute Gasteiger partial charge is 0.336 e. The summed E-state index contributed by atoms with van der Waals surface area (Å²) in [5, 5.41) is 91.2. The Kier molecular flexibility index (Phi) is 31.3. The minimum absolute atomic E-state index is 0.00894. The molecule has 127 heavy (non-hydrogen) atoms. The van der Waals surface area contributed by atoms with Gasteiger partial charge in [-0.2, -0.15) is 0 Å². The van der Waals surface area contributed by atoms with Crippen molar-refractivity contribution in [2.75, 3.05) is 34.4 Å². The van der Waals surface area contributed by atoms with E-state index in [1.165, 1.54) is 237 Å². The predicted molar refractivity (Wildman–Crippen MR) is 467 cm³/mol. The molecule has 0 aliphatic rings. The molecule has 14 aromatic rings. The highest BCUT2D eigenvalue weighted by molar-refractivity contribution is 7.92. The molecule has 0 saturated heterocycles. The van der Waals surface area contributed by atoms with E-state index in [-0.39, 0.29) is 128 Å². The van der Waals surface area contributed by atoms with E-state index in [0.29, 0.717) is 33.5 Å². The fraction of sp³-hybridized carbons (Fsp3) is 0. The van der Waals surface area contributed by atoms with Crippen molar-refractivity contribution in [3.63, 3.8) is 0 Å². The van der Waals surface area contributed by atoms with E-state index in [9.17, 15) is 85.9 Å². The van der Waals surface area contributed by atoms with Crippen molar-refractivity contribution < 1.29 is 127 Å². The van der Waals surface area contributed by atoms with Gasteiger partial charge in [0.25, 0.3) is 0 Å². The Morgan fingerprint density at radius 2 is 0.449 bits per heavy atom. The maximum atomic E-state index is 12.3. The summed E-state index contributed by atoms with van der Waals surface area (Å²) < 4.78 is 122. The second-order valence-corrected chi connectivity index (χ2v) is 36.1. The molecule has 0 spiro atoms. The van der Waals surface area contributed by atoms with E-state index < -0.39 is 90.8 Å². The van der Waals surface area contributed by atoms with Gasteiger partial charge >= 0.3 is 35.8 Å². The number of carboxylic acid groups (broad SMARTS) is 6. The zero-order valence-electron chi connectivity index (χ0n) is 65.4. The molecule has 0 unspecified atom stereocenters. The summed E-state index contributed by atoms with van der Waals surface area (Å²) in [5.74, 6) is -7.38. The zero-order chi connectivity index (χ0) is 93.6. The predicted octanol–water partition coefficient (Wildman–Crippen LogP) is 12.9. The van der Waals surface area contributed by atoms with Gasteiger partial charge < -0.3 is 85.5 Å². The molecule has 0 amide bonds. The second-order valence-electron chi connectivity index (χ2n) is 26.3. The van der Waals surface area contributed by atoms with Crippen LogP contribution in [-0.4, -0.2) is 135 Å². The number of fused-ring (bicyclic) bond motifs is 1. The van der Waals surface area contributed by atoms with E-state index in [0.717, 1.165) is 12.1 Å². The van der Waals surface area contributed by atoms with Gasteiger partial charge in [-0.05, 0) is 272 Å². The topological polar surface area (TPSA) is 649 Å². The molecule has 14 rings (SSSR count). The largest absolute Gasteiger partial charge is 0.508 e. The molecule has 33 nitrogen and oxygen atoms in total. The minimum Gasteiger partial charge on any atom is -0.508 e. The first-order valence-corrected chi connectivity index (χ1v) is 43.4. The van der Waals surface area contributed by atoms with Crippen LogP contribution < -0.4 is 34.4 Å². The highest BCUT2D eigenvalue weighted by Gasteiger charge is 2.25. The van der Waals surface area contributed by atoms with Crippen molar-refractivity contribution in [3.8, 4) is 23.0 Å². The molecule has 38 heteroatoms. The number of carboxylic acids is 6. The summed E-state index contributed by atoms with van der Waals surface area (Å²) in [6.45, 7) is 0. The van der Waals surface area contributed by atoms with Gasteiger partial charge in [0.05, 0.1) is 93.7 Å². The van der Waals surface area contributed by atoms with Gasteiger partial charge in [0.15, 0.2) is 5.78 Å². The van der Waals surface area contributed by atoms with Gasteiger partial charge in [-0.25, -0.2) is 70.9 Å². The quantitative estimate of drug-likeness (QED) is 0.0215. The number of phenolic OH excluding ortho intramolecular Hbond substituents is 4. The third kappa shape index (κ3) is 25.1. The van der Waals surface area contributed by atoms with E-state index in [2.05, 4.69) is 0 Å². The number of carbonyl (C=O) groups excluding carboxylic acids is 1. The lowest BCUT2D eigenvalue weighted by Gasteiger charge is -2.08. The first kappa shape index (κ1) is 96.0. The maximum Gasteiger partial charge on any atom is 0.336 e. The second kappa shape index (κ2) is 41.4. The van der Waals surface area contributed by atoms with Gasteiger partial charge in [-0.15, -0.1) is 0 Å². The van der Waals surface area contributed by atoms with E-state index in [4.69, 9.17) is 75.3 Å². The molecule has 0 fully saturated rings. The Morgan fingerprint density at radius 3 is 0.732 bits per heavy atom. The Hall–Kier alpha value is -16.4. The standard InChI is InChI=1S/C15H10O5.C14H10O6S.C12H12N2O4S.2C12H12N2O2S.C12H10O4S.C12H8O4/c16-13(9-5-7-10(8-6-9)14(17)18)11-3-1-2-4-12(11)15(19)20;15-13(16)9-1-5-11(6-2-9)21(19,20)12-7-3-10(4-8-12)14(17)18;13-9-5-7(1-3-11(9)15)19(17,18)8-2-4-12(16)10(14)6-8;13-9-1-5-11(6-2-9)17(15,16)12-7-3-10(14)4-8-12;13-9-3-1-5-11(7-9)17(15,16)12-6-2-4-10(14)8-12;13-9-1-5-11(6-2-9)17(15,16)12-7-3-10(14)4-8-12;13-11(14)9-3-1-7-5-10(12(15)16)4-2-8(7)6-9/h1-8H,(H,17,18)(H,19,20);1-8H,(H,15,16)(H,17,18);1-6,15-16H,13-14H2;2*1-8H,13-14H2;1-8,13-14H;1-6H,(H,13,14)(H,15,16). The first-order chi connectivity index (χ1) is 59.7. The van der Waals surface area contributed by atoms with Crippen LogP contribution in [0.1, 0.15) is 78.1 Å². The summed E-state index contributed by atoms with van der Waals surface area (Å²) in [4.78, 5) is 77.7. The van der Waals surface area contributed by atoms with Gasteiger partial charge in [0, 0.05) is 33.9 Å². The van der Waals surface area contributed by atoms with Crippen LogP contribution in [-0.2, 0) is 49.2 Å². The van der Waals surface area contributed by atoms with Crippen molar-refractivity contribution in [1.82, 2.24) is 0 Å². The number of nitrogen functional groups attached to an aromatic ring is 6. The monoisotopic (exact) mass is 1820 g/mol. The molecule has 0 saturated carbocycles. The number of phenols is 4. The van der Waals surface area contributed by atoms with Crippen LogP contribution >= 0.6 is 0 Å². The number of ketones is 1. The maximum absolute atomic E-state index is 12.3. The van der Waals surface area contributed by atoms with Crippen molar-refractivity contribution in [2.24, 2.45) is 0 Å². The molecular weight excluding hydrogens is 1750 g/mol. The van der Waals surface area contributed by atoms with Gasteiger partial charge in [-0.1, -0.05) is 54.6 Å². The third-order valence-electron chi connectivity index (χ3n) is 17.6. The highest BCUT2D eigenvalue weighted by Crippen LogP contribution is 2.33. The van der Waals surface area contributed by atoms with E-state index in [1.54, 1.807) is 66.7 Å². The molecule has 0 atom stereocenters. The summed E-state index contributed by atoms with van der Waals surface area (Å²) in [7, 11) is -18.2. The number of carbonyl (C=O) groups is 7. The van der Waals surface area contributed by atoms with E-state index >= 15 is 0 Å². The fourth-order valence-corrected chi connectivity index (χ4v) is 17.3. The summed E-state index contributed by atoms with van der Waals surface area (Å²) >= 11 is 0. The molecule has 0 bridgehead atoms. The number of aromatic carboxylic acids is 6. The summed E-state index contributed by atoms with van der Waals surface area (Å²) in [5.41, 5.74) is 35.6. The molecule has 0 heterocycles. The Morgan fingerprint density at radius 1 is 0.205 bits per heavy atom. The molecule has 0 aliphatic carbocycles. The van der Waals surface area contributed by atoms with E-state index in [1.807, 2.05) is 0 Å². The van der Waals surface area contributed by atoms with Crippen LogP contribution in [0.25, 0.3) is 10.8 Å². The number of rotatable bonds is 18. The number of hydrogen-bond donors (Lipinski definition) is 16. The number of nitrogens with two attached hydrogens (primary N) is 6. The average Bonchev–Trinajstić information content (AvgIpc) is 0.796. The molecule has 14 aromatic carbocycles. The minimum atomic E-state index is -3.81. The lowest BCUT2D eigenvalue weighted by molar-refractivity contribution is 0.0684. The summed E-state index contributed by atoms with van der Waals surface area (Å²) in [6.07, 6.45) is 0. The molecule has 0 radical (unpaired) electrons. The van der Waals surface area contributed by atoms with Crippen LogP contribution in [0.4, 0.5) is 34.1 Å². The van der Waals surface area contributed by atoms with Crippen LogP contribution in [0.15, 0.2) is 364 Å². The normalized spacial score (nSPS) is 10.9. The summed E-state index contributed by atoms with van der Waals surface area (Å²) in [6, 6.07) is 72.3. The molecule has 22 N–H and O–H groups in total. The Balaban J connectivity index is 0.000000184. The molecule has 652 valence electrons. The number of sulfone groups is 5. The first-order valence-electron chi connectivity index (χ1n) is 36.0. The van der Waals surface area contributed by atoms with Crippen molar-refractivity contribution >= 4 is 136 Å². The van der Waals surface area contributed by atoms with Crippen LogP contribution in [0.5, 0.6) is 23.0 Å². The van der Waals surface area contributed by atoms with Crippen LogP contribution in [0, 0.1) is 0 Å². The fourth-order valence-electron chi connectivity index (χ4n) is 10.8. The number of benzene rings is 14. The van der Waals surface area contributed by atoms with Crippen molar-refractivity contribution in [3.05, 3.63) is 360 Å². The van der Waals surface area contributed by atoms with Crippen LogP contribution in [0.3, 0.4) is 0 Å². The van der Waals surface area contributed by atoms with Gasteiger partial charge in [0.2, 0.25) is 49.2 Å². The number of aromatic hydroxyl groups is 4. The average molecular weight is 1820 g/mol. The molecule has 0 aromatic heterocycles. The number of hydrogen-bond acceptors (Lipinski definition) is 27. The van der Waals surface area contributed by atoms with Gasteiger partial charge in [-0.3, -0.25) is 4.79 Å². The zero-order valence-corrected chi connectivity index (χ0v) is 69.5. The van der Waals surface area contributed by atoms with Crippen molar-refractivity contribution in [2.45, 2.75) is 49.0 Å².